The molecule has 1 saturated heterocycles. The summed E-state index contributed by atoms with van der Waals surface area (Å²) in [5.74, 6) is 1.89. The van der Waals surface area contributed by atoms with E-state index >= 15 is 0 Å². The number of hydrogen-bond acceptors (Lipinski definition) is 6. The Bertz CT molecular complexity index is 1210. The molecule has 1 N–H and O–H groups in total. The van der Waals surface area contributed by atoms with E-state index in [0.29, 0.717) is 41.9 Å². The number of nitriles is 1. The predicted molar refractivity (Wildman–Crippen MR) is 122 cm³/mol. The highest BCUT2D eigenvalue weighted by Crippen LogP contribution is 2.37. The zero-order valence-electron chi connectivity index (χ0n) is 18.7. The molecule has 0 spiro atoms. The monoisotopic (exact) mass is 445 g/mol. The van der Waals surface area contributed by atoms with Crippen LogP contribution in [0, 0.1) is 17.2 Å². The molecule has 0 bridgehead atoms. The van der Waals surface area contributed by atoms with Crippen molar-refractivity contribution in [1.82, 2.24) is 10.3 Å². The van der Waals surface area contributed by atoms with E-state index in [4.69, 9.17) is 13.9 Å². The van der Waals surface area contributed by atoms with E-state index < -0.39 is 0 Å². The number of hydrogen-bond donors (Lipinski definition) is 1. The van der Waals surface area contributed by atoms with Crippen molar-refractivity contribution < 1.29 is 18.7 Å². The Morgan fingerprint density at radius 1 is 1.21 bits per heavy atom. The summed E-state index contributed by atoms with van der Waals surface area (Å²) in [6, 6.07) is 13.5. The smallest absolute Gasteiger partial charge is 0.223 e. The third-order valence-electron chi connectivity index (χ3n) is 6.72. The van der Waals surface area contributed by atoms with Gasteiger partial charge in [0.25, 0.3) is 0 Å². The minimum absolute atomic E-state index is 0.00459. The van der Waals surface area contributed by atoms with E-state index in [1.165, 1.54) is 12.8 Å². The van der Waals surface area contributed by atoms with Gasteiger partial charge >= 0.3 is 0 Å². The van der Waals surface area contributed by atoms with Crippen molar-refractivity contribution in [2.45, 2.75) is 50.5 Å². The second-order valence-electron chi connectivity index (χ2n) is 8.89. The van der Waals surface area contributed by atoms with Gasteiger partial charge in [-0.3, -0.25) is 4.79 Å². The molecule has 3 aromatic rings. The fourth-order valence-corrected chi connectivity index (χ4v) is 4.94. The lowest BCUT2D eigenvalue weighted by Gasteiger charge is -2.29. The Labute approximate surface area is 192 Å². The Morgan fingerprint density at radius 3 is 2.85 bits per heavy atom. The number of piperidine rings is 1. The number of nitrogens with zero attached hydrogens (tertiary/aromatic N) is 2. The summed E-state index contributed by atoms with van der Waals surface area (Å²) in [5, 5.41) is 12.3. The molecule has 2 aliphatic rings. The van der Waals surface area contributed by atoms with Crippen molar-refractivity contribution in [3.8, 4) is 17.6 Å². The molecule has 7 nitrogen and oxygen atoms in total. The SMILES string of the molecule is COc1ccc([C@H]2CNC(=O)[C@H](Cc3nc4c(C#N)cccc4o3)C2)cc1OC1CCCC1. The normalized spacial score (nSPS) is 21.0. The van der Waals surface area contributed by atoms with Crippen molar-refractivity contribution in [3.63, 3.8) is 0 Å². The molecule has 1 saturated carbocycles. The zero-order valence-corrected chi connectivity index (χ0v) is 18.7. The van der Waals surface area contributed by atoms with Crippen LogP contribution in [-0.2, 0) is 11.2 Å². The summed E-state index contributed by atoms with van der Waals surface area (Å²) in [4.78, 5) is 17.1. The number of methoxy groups -OCH3 is 1. The second kappa shape index (κ2) is 9.14. The molecule has 1 aliphatic carbocycles. The lowest BCUT2D eigenvalue weighted by Crippen LogP contribution is -2.41. The summed E-state index contributed by atoms with van der Waals surface area (Å²) in [7, 11) is 1.66. The van der Waals surface area contributed by atoms with Crippen LogP contribution in [0.4, 0.5) is 0 Å². The standard InChI is InChI=1S/C26H27N3O4/c1-31-21-10-9-16(12-23(21)32-20-6-2-3-7-20)19-11-18(26(30)28-15-19)13-24-29-25-17(14-27)5-4-8-22(25)33-24/h4-5,8-10,12,18-20H,2-3,6-7,11,13,15H2,1H3,(H,28,30)/t18-,19+/m0/s1. The molecule has 2 heterocycles. The molecular formula is C26H27N3O4. The lowest BCUT2D eigenvalue weighted by atomic mass is 9.83. The average molecular weight is 446 g/mol. The van der Waals surface area contributed by atoms with Gasteiger partial charge in [-0.2, -0.15) is 5.26 Å². The van der Waals surface area contributed by atoms with Gasteiger partial charge in [-0.25, -0.2) is 4.98 Å². The second-order valence-corrected chi connectivity index (χ2v) is 8.89. The van der Waals surface area contributed by atoms with E-state index in [0.717, 1.165) is 29.9 Å². The Morgan fingerprint density at radius 2 is 2.06 bits per heavy atom. The van der Waals surface area contributed by atoms with Gasteiger partial charge in [-0.1, -0.05) is 12.1 Å². The van der Waals surface area contributed by atoms with Crippen molar-refractivity contribution in [3.05, 3.63) is 53.4 Å². The van der Waals surface area contributed by atoms with Crippen LogP contribution < -0.4 is 14.8 Å². The van der Waals surface area contributed by atoms with Crippen LogP contribution in [0.2, 0.25) is 0 Å². The molecule has 33 heavy (non-hydrogen) atoms. The number of amides is 1. The maximum absolute atomic E-state index is 12.6. The fourth-order valence-electron chi connectivity index (χ4n) is 4.94. The number of aromatic nitrogens is 1. The molecule has 2 aromatic carbocycles. The Balaban J connectivity index is 1.34. The molecule has 5 rings (SSSR count). The maximum atomic E-state index is 12.6. The number of oxazole rings is 1. The summed E-state index contributed by atoms with van der Waals surface area (Å²) in [5.41, 5.74) is 2.71. The first-order valence-electron chi connectivity index (χ1n) is 11.6. The van der Waals surface area contributed by atoms with Crippen molar-refractivity contribution in [1.29, 1.82) is 5.26 Å². The van der Waals surface area contributed by atoms with E-state index in [2.05, 4.69) is 28.5 Å². The van der Waals surface area contributed by atoms with Crippen LogP contribution in [-0.4, -0.2) is 30.6 Å². The third kappa shape index (κ3) is 4.38. The quantitative estimate of drug-likeness (QED) is 0.600. The first-order valence-corrected chi connectivity index (χ1v) is 11.6. The highest BCUT2D eigenvalue weighted by molar-refractivity contribution is 5.81. The fraction of sp³-hybridized carbons (Fsp3) is 0.423. The molecule has 7 heteroatoms. The van der Waals surface area contributed by atoms with Crippen molar-refractivity contribution in [2.75, 3.05) is 13.7 Å². The van der Waals surface area contributed by atoms with Gasteiger partial charge in [0.05, 0.1) is 18.8 Å². The minimum Gasteiger partial charge on any atom is -0.493 e. The molecule has 2 atom stereocenters. The number of benzene rings is 2. The number of fused-ring (bicyclic) bond motifs is 1. The first kappa shape index (κ1) is 21.3. The zero-order chi connectivity index (χ0) is 22.8. The first-order chi connectivity index (χ1) is 16.1. The summed E-state index contributed by atoms with van der Waals surface area (Å²) < 4.78 is 17.6. The average Bonchev–Trinajstić information content (AvgIpc) is 3.49. The molecule has 2 fully saturated rings. The molecule has 1 aliphatic heterocycles. The van der Waals surface area contributed by atoms with Gasteiger partial charge < -0.3 is 19.2 Å². The number of ether oxygens (including phenoxy) is 2. The van der Waals surface area contributed by atoms with Gasteiger partial charge in [-0.15, -0.1) is 0 Å². The van der Waals surface area contributed by atoms with Crippen LogP contribution in [0.15, 0.2) is 40.8 Å². The van der Waals surface area contributed by atoms with E-state index in [1.54, 1.807) is 25.3 Å². The summed E-state index contributed by atoms with van der Waals surface area (Å²) >= 11 is 0. The summed E-state index contributed by atoms with van der Waals surface area (Å²) in [6.07, 6.45) is 5.88. The Hall–Kier alpha value is -3.53. The molecule has 170 valence electrons. The summed E-state index contributed by atoms with van der Waals surface area (Å²) in [6.45, 7) is 0.580. The lowest BCUT2D eigenvalue weighted by molar-refractivity contribution is -0.127. The van der Waals surface area contributed by atoms with Crippen molar-refractivity contribution >= 4 is 17.0 Å². The van der Waals surface area contributed by atoms with Crippen molar-refractivity contribution in [2.24, 2.45) is 5.92 Å². The van der Waals surface area contributed by atoms with Crippen LogP contribution in [0.1, 0.15) is 55.0 Å². The number of carbonyl (C=O) groups excluding carboxylic acids is 1. The number of para-hydroxylation sites is 1. The molecular weight excluding hydrogens is 418 g/mol. The largest absolute Gasteiger partial charge is 0.493 e. The van der Waals surface area contributed by atoms with Gasteiger partial charge in [0.2, 0.25) is 5.91 Å². The molecule has 1 amide bonds. The Kier molecular flexibility index (Phi) is 5.91. The van der Waals surface area contributed by atoms with E-state index in [9.17, 15) is 10.1 Å². The van der Waals surface area contributed by atoms with Gasteiger partial charge in [0, 0.05) is 24.8 Å². The van der Waals surface area contributed by atoms with Gasteiger partial charge in [0.15, 0.2) is 23.0 Å². The van der Waals surface area contributed by atoms with Crippen LogP contribution in [0.5, 0.6) is 11.5 Å². The molecule has 1 aromatic heterocycles. The number of carbonyl (C=O) groups is 1. The van der Waals surface area contributed by atoms with Crippen LogP contribution in [0.3, 0.4) is 0 Å². The molecule has 0 radical (unpaired) electrons. The highest BCUT2D eigenvalue weighted by Gasteiger charge is 2.31. The van der Waals surface area contributed by atoms with Gasteiger partial charge in [-0.05, 0) is 61.9 Å². The number of nitrogens with one attached hydrogen (secondary N) is 1. The highest BCUT2D eigenvalue weighted by atomic mass is 16.5. The maximum Gasteiger partial charge on any atom is 0.223 e. The van der Waals surface area contributed by atoms with Crippen LogP contribution in [0.25, 0.3) is 11.1 Å². The van der Waals surface area contributed by atoms with E-state index in [-0.39, 0.29) is 23.8 Å². The predicted octanol–water partition coefficient (Wildman–Crippen LogP) is 4.49. The van der Waals surface area contributed by atoms with Gasteiger partial charge in [0.1, 0.15) is 11.6 Å². The minimum atomic E-state index is -0.261. The van der Waals surface area contributed by atoms with Crippen LogP contribution >= 0.6 is 0 Å². The van der Waals surface area contributed by atoms with E-state index in [1.807, 2.05) is 6.07 Å². The third-order valence-corrected chi connectivity index (χ3v) is 6.72. The molecule has 0 unspecified atom stereocenters. The topological polar surface area (TPSA) is 97.4 Å². The number of rotatable bonds is 6.